The van der Waals surface area contributed by atoms with Crippen molar-refractivity contribution in [2.24, 2.45) is 0 Å². The van der Waals surface area contributed by atoms with Crippen molar-refractivity contribution in [3.8, 4) is 0 Å². The Bertz CT molecular complexity index is 519. The van der Waals surface area contributed by atoms with Gasteiger partial charge in [-0.25, -0.2) is 4.68 Å². The number of nitrogens with zero attached hydrogens (tertiary/aromatic N) is 3. The van der Waals surface area contributed by atoms with Crippen molar-refractivity contribution < 1.29 is 4.79 Å². The van der Waals surface area contributed by atoms with Crippen LogP contribution < -0.4 is 0 Å². The second-order valence-electron chi connectivity index (χ2n) is 3.68. The summed E-state index contributed by atoms with van der Waals surface area (Å²) < 4.78 is 2.82. The topological polar surface area (TPSA) is 47.8 Å². The second-order valence-corrected chi connectivity index (χ2v) is 4.59. The molecule has 1 heterocycles. The highest BCUT2D eigenvalue weighted by Gasteiger charge is 2.10. The van der Waals surface area contributed by atoms with Gasteiger partial charge in [-0.2, -0.15) is 0 Å². The average molecular weight is 294 g/mol. The summed E-state index contributed by atoms with van der Waals surface area (Å²) in [5, 5.41) is 7.85. The molecule has 1 aromatic carbocycles. The van der Waals surface area contributed by atoms with Crippen LogP contribution in [0.1, 0.15) is 28.7 Å². The van der Waals surface area contributed by atoms with E-state index in [0.29, 0.717) is 12.2 Å². The van der Waals surface area contributed by atoms with Crippen LogP contribution in [0.3, 0.4) is 0 Å². The van der Waals surface area contributed by atoms with Crippen LogP contribution in [0.4, 0.5) is 0 Å². The molecule has 0 aliphatic heterocycles. The molecule has 0 saturated heterocycles. The minimum absolute atomic E-state index is 0.435. The quantitative estimate of drug-likeness (QED) is 0.814. The highest BCUT2D eigenvalue weighted by atomic mass is 79.9. The highest BCUT2D eigenvalue weighted by Crippen LogP contribution is 2.13. The lowest BCUT2D eigenvalue weighted by Crippen LogP contribution is -2.06. The molecule has 2 rings (SSSR count). The Morgan fingerprint density at radius 1 is 1.35 bits per heavy atom. The molecule has 4 nitrogen and oxygen atoms in total. The van der Waals surface area contributed by atoms with Crippen molar-refractivity contribution in [1.29, 1.82) is 0 Å². The first-order chi connectivity index (χ1) is 8.24. The maximum Gasteiger partial charge on any atom is 0.172 e. The van der Waals surface area contributed by atoms with Crippen LogP contribution in [0.2, 0.25) is 0 Å². The summed E-state index contributed by atoms with van der Waals surface area (Å²) in [6.45, 7) is 2.63. The van der Waals surface area contributed by atoms with Crippen molar-refractivity contribution in [1.82, 2.24) is 15.0 Å². The molecule has 0 aliphatic rings. The largest absolute Gasteiger partial charge is 0.296 e. The van der Waals surface area contributed by atoms with E-state index in [1.165, 1.54) is 0 Å². The molecule has 5 heteroatoms. The molecule has 0 saturated carbocycles. The van der Waals surface area contributed by atoms with E-state index in [9.17, 15) is 4.79 Å². The minimum atomic E-state index is 0.435. The van der Waals surface area contributed by atoms with Crippen LogP contribution in [0.5, 0.6) is 0 Å². The maximum absolute atomic E-state index is 10.8. The van der Waals surface area contributed by atoms with Crippen LogP contribution in [-0.2, 0) is 13.0 Å². The molecule has 88 valence electrons. The minimum Gasteiger partial charge on any atom is -0.296 e. The molecular weight excluding hydrogens is 282 g/mol. The van der Waals surface area contributed by atoms with Crippen molar-refractivity contribution in [3.05, 3.63) is 45.7 Å². The predicted molar refractivity (Wildman–Crippen MR) is 68.0 cm³/mol. The Balaban J connectivity index is 2.26. The molecule has 0 N–H and O–H groups in total. The summed E-state index contributed by atoms with van der Waals surface area (Å²) >= 11 is 3.39. The Hall–Kier alpha value is -1.49. The van der Waals surface area contributed by atoms with Crippen molar-refractivity contribution in [2.75, 3.05) is 0 Å². The van der Waals surface area contributed by atoms with Gasteiger partial charge in [-0.15, -0.1) is 5.10 Å². The summed E-state index contributed by atoms with van der Waals surface area (Å²) in [6, 6.07) is 8.01. The number of hydrogen-bond acceptors (Lipinski definition) is 3. The van der Waals surface area contributed by atoms with Gasteiger partial charge in [0.25, 0.3) is 0 Å². The van der Waals surface area contributed by atoms with Gasteiger partial charge >= 0.3 is 0 Å². The first-order valence-corrected chi connectivity index (χ1v) is 6.16. The van der Waals surface area contributed by atoms with Crippen LogP contribution in [0, 0.1) is 0 Å². The predicted octanol–water partition coefficient (Wildman–Crippen LogP) is 2.46. The van der Waals surface area contributed by atoms with Crippen LogP contribution in [0.25, 0.3) is 0 Å². The monoisotopic (exact) mass is 293 g/mol. The van der Waals surface area contributed by atoms with E-state index < -0.39 is 0 Å². The zero-order valence-corrected chi connectivity index (χ0v) is 11.0. The van der Waals surface area contributed by atoms with E-state index in [-0.39, 0.29) is 0 Å². The smallest absolute Gasteiger partial charge is 0.172 e. The number of hydrogen-bond donors (Lipinski definition) is 0. The molecule has 0 fully saturated rings. The number of benzene rings is 1. The molecular formula is C12H12BrN3O. The summed E-state index contributed by atoms with van der Waals surface area (Å²) in [5.41, 5.74) is 2.44. The second kappa shape index (κ2) is 5.23. The van der Waals surface area contributed by atoms with Gasteiger partial charge in [0.2, 0.25) is 0 Å². The average Bonchev–Trinajstić information content (AvgIpc) is 2.74. The van der Waals surface area contributed by atoms with Crippen molar-refractivity contribution in [3.63, 3.8) is 0 Å². The fourth-order valence-corrected chi connectivity index (χ4v) is 1.96. The molecule has 0 bridgehead atoms. The molecule has 0 radical (unpaired) electrons. The molecule has 0 aliphatic carbocycles. The van der Waals surface area contributed by atoms with E-state index >= 15 is 0 Å². The van der Waals surface area contributed by atoms with Gasteiger partial charge in [-0.05, 0) is 24.1 Å². The summed E-state index contributed by atoms with van der Waals surface area (Å²) in [6.07, 6.45) is 1.50. The number of aromatic nitrogens is 3. The molecule has 0 spiro atoms. The summed E-state index contributed by atoms with van der Waals surface area (Å²) in [5.74, 6) is 0. The number of halogens is 1. The third-order valence-electron chi connectivity index (χ3n) is 2.56. The third kappa shape index (κ3) is 2.61. The molecule has 0 unspecified atom stereocenters. The Morgan fingerprint density at radius 3 is 2.65 bits per heavy atom. The first-order valence-electron chi connectivity index (χ1n) is 5.36. The van der Waals surface area contributed by atoms with E-state index in [1.54, 1.807) is 4.68 Å². The van der Waals surface area contributed by atoms with Crippen molar-refractivity contribution >= 4 is 22.2 Å². The van der Waals surface area contributed by atoms with Gasteiger partial charge in [0.15, 0.2) is 6.29 Å². The molecule has 0 amide bonds. The first kappa shape index (κ1) is 12.0. The van der Waals surface area contributed by atoms with E-state index in [4.69, 9.17) is 0 Å². The number of carbonyl (C=O) groups excluding carboxylic acids is 1. The zero-order chi connectivity index (χ0) is 12.3. The lowest BCUT2D eigenvalue weighted by molar-refractivity contribution is 0.111. The van der Waals surface area contributed by atoms with Crippen LogP contribution in [-0.4, -0.2) is 21.3 Å². The van der Waals surface area contributed by atoms with E-state index in [1.807, 2.05) is 31.2 Å². The molecule has 17 heavy (non-hydrogen) atoms. The van der Waals surface area contributed by atoms with E-state index in [2.05, 4.69) is 26.2 Å². The number of aldehydes is 1. The van der Waals surface area contributed by atoms with Crippen molar-refractivity contribution in [2.45, 2.75) is 19.9 Å². The Labute approximate surface area is 108 Å². The standard InChI is InChI=1S/C12H12BrN3O/c1-2-12-11(8-17)14-15-16(12)7-9-3-5-10(13)6-4-9/h3-6,8H,2,7H2,1H3. The van der Waals surface area contributed by atoms with Gasteiger partial charge in [0.1, 0.15) is 5.69 Å². The number of carbonyl (C=O) groups is 1. The SMILES string of the molecule is CCc1c(C=O)nnn1Cc1ccc(Br)cc1. The van der Waals surface area contributed by atoms with Gasteiger partial charge in [0, 0.05) is 4.47 Å². The maximum atomic E-state index is 10.8. The van der Waals surface area contributed by atoms with Crippen LogP contribution in [0.15, 0.2) is 28.7 Å². The summed E-state index contributed by atoms with van der Waals surface area (Å²) in [7, 11) is 0. The number of rotatable bonds is 4. The summed E-state index contributed by atoms with van der Waals surface area (Å²) in [4.78, 5) is 10.8. The third-order valence-corrected chi connectivity index (χ3v) is 3.09. The molecule has 0 atom stereocenters. The lowest BCUT2D eigenvalue weighted by Gasteiger charge is -2.05. The zero-order valence-electron chi connectivity index (χ0n) is 9.43. The normalized spacial score (nSPS) is 10.5. The van der Waals surface area contributed by atoms with Crippen LogP contribution >= 0.6 is 15.9 Å². The van der Waals surface area contributed by atoms with Gasteiger partial charge in [0.05, 0.1) is 12.2 Å². The van der Waals surface area contributed by atoms with Gasteiger partial charge < -0.3 is 0 Å². The van der Waals surface area contributed by atoms with E-state index in [0.717, 1.165) is 28.4 Å². The fraction of sp³-hybridized carbons (Fsp3) is 0.250. The van der Waals surface area contributed by atoms with Gasteiger partial charge in [-0.1, -0.05) is 40.2 Å². The Kier molecular flexibility index (Phi) is 3.68. The molecule has 1 aromatic heterocycles. The van der Waals surface area contributed by atoms with Gasteiger partial charge in [-0.3, -0.25) is 4.79 Å². The Morgan fingerprint density at radius 2 is 2.06 bits per heavy atom. The lowest BCUT2D eigenvalue weighted by atomic mass is 10.2. The fourth-order valence-electron chi connectivity index (χ4n) is 1.69. The highest BCUT2D eigenvalue weighted by molar-refractivity contribution is 9.10. The molecule has 2 aromatic rings.